The minimum atomic E-state index is 0.538. The molecule has 0 amide bonds. The normalized spacial score (nSPS) is 11.0. The van der Waals surface area contributed by atoms with Gasteiger partial charge in [-0.25, -0.2) is 4.98 Å². The maximum absolute atomic E-state index is 11.5. The Morgan fingerprint density at radius 1 is 1.24 bits per heavy atom. The van der Waals surface area contributed by atoms with E-state index >= 15 is 0 Å². The molecule has 106 valence electrons. The van der Waals surface area contributed by atoms with E-state index in [2.05, 4.69) is 20.9 Å². The van der Waals surface area contributed by atoms with Crippen molar-refractivity contribution >= 4 is 39.5 Å². The highest BCUT2D eigenvalue weighted by atomic mass is 79.9. The number of aryl methyl sites for hydroxylation is 2. The average molecular weight is 364 g/mol. The first-order valence-electron chi connectivity index (χ1n) is 6.41. The molecular formula is C16H12BrClN2O. The van der Waals surface area contributed by atoms with Crippen LogP contribution >= 0.6 is 27.5 Å². The van der Waals surface area contributed by atoms with E-state index in [1.165, 1.54) is 0 Å². The fourth-order valence-electron chi connectivity index (χ4n) is 2.40. The Bertz CT molecular complexity index is 870. The van der Waals surface area contributed by atoms with Gasteiger partial charge in [0.1, 0.15) is 17.0 Å². The Labute approximate surface area is 135 Å². The molecule has 2 heterocycles. The standard InChI is InChI=1S/C16H12BrClN2O/c1-9-5-11(3-4-13(9)18)15-14(8-21)20-7-12(17)6-10(2)16(20)19-15/h3-8H,1-2H3. The number of hydrogen-bond donors (Lipinski definition) is 0. The van der Waals surface area contributed by atoms with Crippen LogP contribution in [-0.2, 0) is 0 Å². The Morgan fingerprint density at radius 2 is 2.00 bits per heavy atom. The zero-order valence-corrected chi connectivity index (χ0v) is 13.9. The van der Waals surface area contributed by atoms with Gasteiger partial charge in [0.15, 0.2) is 6.29 Å². The highest BCUT2D eigenvalue weighted by Crippen LogP contribution is 2.29. The maximum Gasteiger partial charge on any atom is 0.169 e. The van der Waals surface area contributed by atoms with E-state index in [0.29, 0.717) is 16.4 Å². The summed E-state index contributed by atoms with van der Waals surface area (Å²) in [5.74, 6) is 0. The molecule has 0 bridgehead atoms. The van der Waals surface area contributed by atoms with Crippen LogP contribution in [0.15, 0.2) is 34.9 Å². The van der Waals surface area contributed by atoms with Crippen molar-refractivity contribution in [2.45, 2.75) is 13.8 Å². The fraction of sp³-hybridized carbons (Fsp3) is 0.125. The third kappa shape index (κ3) is 2.39. The molecule has 0 saturated heterocycles. The van der Waals surface area contributed by atoms with Crippen LogP contribution in [0.2, 0.25) is 5.02 Å². The van der Waals surface area contributed by atoms with Gasteiger partial charge in [-0.1, -0.05) is 17.7 Å². The molecule has 0 fully saturated rings. The van der Waals surface area contributed by atoms with Crippen molar-refractivity contribution in [3.05, 3.63) is 56.8 Å². The van der Waals surface area contributed by atoms with Crippen LogP contribution in [0.3, 0.4) is 0 Å². The third-order valence-corrected chi connectivity index (χ3v) is 4.31. The van der Waals surface area contributed by atoms with Gasteiger partial charge in [0.2, 0.25) is 0 Å². The molecule has 3 nitrogen and oxygen atoms in total. The van der Waals surface area contributed by atoms with E-state index in [9.17, 15) is 4.79 Å². The summed E-state index contributed by atoms with van der Waals surface area (Å²) in [5.41, 5.74) is 4.84. The number of aldehydes is 1. The molecule has 0 N–H and O–H groups in total. The van der Waals surface area contributed by atoms with Crippen molar-refractivity contribution in [1.82, 2.24) is 9.38 Å². The smallest absolute Gasteiger partial charge is 0.169 e. The van der Waals surface area contributed by atoms with Crippen LogP contribution in [0.4, 0.5) is 0 Å². The molecule has 0 unspecified atom stereocenters. The number of rotatable bonds is 2. The summed E-state index contributed by atoms with van der Waals surface area (Å²) >= 11 is 9.52. The first-order chi connectivity index (χ1) is 10.0. The number of pyridine rings is 1. The average Bonchev–Trinajstić information content (AvgIpc) is 2.80. The Kier molecular flexibility index (Phi) is 3.59. The summed E-state index contributed by atoms with van der Waals surface area (Å²) in [6.07, 6.45) is 2.69. The summed E-state index contributed by atoms with van der Waals surface area (Å²) in [6.45, 7) is 3.91. The quantitative estimate of drug-likeness (QED) is 0.610. The van der Waals surface area contributed by atoms with Crippen LogP contribution in [0, 0.1) is 13.8 Å². The van der Waals surface area contributed by atoms with Crippen molar-refractivity contribution in [3.63, 3.8) is 0 Å². The SMILES string of the molecule is Cc1cc(-c2nc3c(C)cc(Br)cn3c2C=O)ccc1Cl. The molecule has 0 saturated carbocycles. The highest BCUT2D eigenvalue weighted by molar-refractivity contribution is 9.10. The first-order valence-corrected chi connectivity index (χ1v) is 7.58. The molecule has 0 aliphatic heterocycles. The monoisotopic (exact) mass is 362 g/mol. The van der Waals surface area contributed by atoms with E-state index in [1.807, 2.05) is 48.7 Å². The van der Waals surface area contributed by atoms with Gasteiger partial charge < -0.3 is 0 Å². The van der Waals surface area contributed by atoms with Gasteiger partial charge in [-0.3, -0.25) is 9.20 Å². The Morgan fingerprint density at radius 3 is 2.67 bits per heavy atom. The lowest BCUT2D eigenvalue weighted by molar-refractivity contribution is 0.111. The second-order valence-corrected chi connectivity index (χ2v) is 6.29. The van der Waals surface area contributed by atoms with Crippen LogP contribution in [0.5, 0.6) is 0 Å². The lowest BCUT2D eigenvalue weighted by atomic mass is 10.1. The molecule has 0 spiro atoms. The molecule has 0 aliphatic carbocycles. The molecule has 3 aromatic rings. The molecular weight excluding hydrogens is 352 g/mol. The van der Waals surface area contributed by atoms with Crippen LogP contribution < -0.4 is 0 Å². The zero-order chi connectivity index (χ0) is 15.1. The van der Waals surface area contributed by atoms with Gasteiger partial charge in [-0.15, -0.1) is 0 Å². The van der Waals surface area contributed by atoms with Crippen molar-refractivity contribution in [2.24, 2.45) is 0 Å². The van der Waals surface area contributed by atoms with E-state index in [-0.39, 0.29) is 0 Å². The number of imidazole rings is 1. The second kappa shape index (κ2) is 5.28. The van der Waals surface area contributed by atoms with E-state index in [1.54, 1.807) is 0 Å². The van der Waals surface area contributed by atoms with E-state index in [0.717, 1.165) is 33.1 Å². The van der Waals surface area contributed by atoms with Gasteiger partial charge in [0, 0.05) is 21.3 Å². The number of benzene rings is 1. The number of carbonyl (C=O) groups is 1. The lowest BCUT2D eigenvalue weighted by Gasteiger charge is -2.02. The number of nitrogens with zero attached hydrogens (tertiary/aromatic N) is 2. The van der Waals surface area contributed by atoms with E-state index in [4.69, 9.17) is 11.6 Å². The number of hydrogen-bond acceptors (Lipinski definition) is 2. The summed E-state index contributed by atoms with van der Waals surface area (Å²) in [5, 5.41) is 0.703. The predicted octanol–water partition coefficient (Wildman–Crippen LogP) is 4.85. The van der Waals surface area contributed by atoms with Gasteiger partial charge in [-0.2, -0.15) is 0 Å². The van der Waals surface area contributed by atoms with Crippen LogP contribution in [0.1, 0.15) is 21.6 Å². The van der Waals surface area contributed by atoms with E-state index < -0.39 is 0 Å². The fourth-order valence-corrected chi connectivity index (χ4v) is 3.07. The molecule has 2 aromatic heterocycles. The van der Waals surface area contributed by atoms with Crippen molar-refractivity contribution in [1.29, 1.82) is 0 Å². The topological polar surface area (TPSA) is 34.4 Å². The summed E-state index contributed by atoms with van der Waals surface area (Å²) < 4.78 is 2.72. The first kappa shape index (κ1) is 14.3. The zero-order valence-electron chi connectivity index (χ0n) is 11.5. The number of fused-ring (bicyclic) bond motifs is 1. The lowest BCUT2D eigenvalue weighted by Crippen LogP contribution is -1.94. The second-order valence-electron chi connectivity index (χ2n) is 4.96. The molecule has 0 atom stereocenters. The summed E-state index contributed by atoms with van der Waals surface area (Å²) in [4.78, 5) is 16.2. The van der Waals surface area contributed by atoms with Gasteiger partial charge in [0.05, 0.1) is 0 Å². The predicted molar refractivity (Wildman–Crippen MR) is 88.2 cm³/mol. The third-order valence-electron chi connectivity index (χ3n) is 3.45. The van der Waals surface area contributed by atoms with Crippen LogP contribution in [0.25, 0.3) is 16.9 Å². The van der Waals surface area contributed by atoms with Crippen LogP contribution in [-0.4, -0.2) is 15.7 Å². The molecule has 3 rings (SSSR count). The highest BCUT2D eigenvalue weighted by Gasteiger charge is 2.15. The molecule has 5 heteroatoms. The van der Waals surface area contributed by atoms with Crippen molar-refractivity contribution in [2.75, 3.05) is 0 Å². The maximum atomic E-state index is 11.5. The van der Waals surface area contributed by atoms with Gasteiger partial charge in [0.25, 0.3) is 0 Å². The number of carbonyl (C=O) groups excluding carboxylic acids is 1. The number of aromatic nitrogens is 2. The largest absolute Gasteiger partial charge is 0.296 e. The molecule has 21 heavy (non-hydrogen) atoms. The van der Waals surface area contributed by atoms with Gasteiger partial charge in [-0.05, 0) is 59.1 Å². The summed E-state index contributed by atoms with van der Waals surface area (Å²) in [6, 6.07) is 7.64. The minimum absolute atomic E-state index is 0.538. The number of halogens is 2. The van der Waals surface area contributed by atoms with Crippen molar-refractivity contribution in [3.8, 4) is 11.3 Å². The minimum Gasteiger partial charge on any atom is -0.296 e. The summed E-state index contributed by atoms with van der Waals surface area (Å²) in [7, 11) is 0. The van der Waals surface area contributed by atoms with Gasteiger partial charge >= 0.3 is 0 Å². The Hall–Kier alpha value is -1.65. The molecule has 1 aromatic carbocycles. The van der Waals surface area contributed by atoms with Crippen molar-refractivity contribution < 1.29 is 4.79 Å². The molecule has 0 aliphatic rings. The Balaban J connectivity index is 2.34. The molecule has 0 radical (unpaired) electrons.